The van der Waals surface area contributed by atoms with E-state index in [9.17, 15) is 14.4 Å². The standard InChI is InChI=1S/C56H106O6/c1-4-7-10-13-15-17-19-21-23-24-25-26-27-28-29-30-31-32-33-35-36-38-40-43-46-49-55(58)61-52-53(51-60-54(57)48-45-42-12-9-6-3)62-56(59)50-47-44-41-39-37-34-22-20-18-16-14-11-8-5-2/h24-25,53H,4-23,26-52H2,1-3H3/b25-24-. The Morgan fingerprint density at radius 2 is 0.532 bits per heavy atom. The molecule has 0 aliphatic rings. The predicted molar refractivity (Wildman–Crippen MR) is 266 cm³/mol. The molecule has 6 heteroatoms. The molecule has 0 aliphatic heterocycles. The van der Waals surface area contributed by atoms with Gasteiger partial charge in [-0.05, 0) is 44.9 Å². The van der Waals surface area contributed by atoms with Crippen molar-refractivity contribution in [3.8, 4) is 0 Å². The van der Waals surface area contributed by atoms with Crippen molar-refractivity contribution in [3.63, 3.8) is 0 Å². The number of unbranched alkanes of at least 4 members (excludes halogenated alkanes) is 38. The second-order valence-electron chi connectivity index (χ2n) is 18.9. The highest BCUT2D eigenvalue weighted by Crippen LogP contribution is 2.17. The molecule has 0 aliphatic carbocycles. The van der Waals surface area contributed by atoms with E-state index in [0.29, 0.717) is 19.3 Å². The van der Waals surface area contributed by atoms with Crippen molar-refractivity contribution in [2.45, 2.75) is 316 Å². The molecule has 0 radical (unpaired) electrons. The number of hydrogen-bond donors (Lipinski definition) is 0. The average molecular weight is 875 g/mol. The first kappa shape index (κ1) is 60.2. The van der Waals surface area contributed by atoms with E-state index >= 15 is 0 Å². The molecule has 0 N–H and O–H groups in total. The molecule has 0 aromatic carbocycles. The molecule has 0 rings (SSSR count). The van der Waals surface area contributed by atoms with E-state index in [4.69, 9.17) is 14.2 Å². The van der Waals surface area contributed by atoms with Gasteiger partial charge in [0.25, 0.3) is 0 Å². The average Bonchev–Trinajstić information content (AvgIpc) is 3.27. The number of carbonyl (C=O) groups excluding carboxylic acids is 3. The number of hydrogen-bond acceptors (Lipinski definition) is 6. The Morgan fingerprint density at radius 3 is 0.806 bits per heavy atom. The summed E-state index contributed by atoms with van der Waals surface area (Å²) in [5, 5.41) is 0. The summed E-state index contributed by atoms with van der Waals surface area (Å²) in [6.07, 6.45) is 58.2. The molecule has 0 saturated heterocycles. The van der Waals surface area contributed by atoms with E-state index in [0.717, 1.165) is 64.2 Å². The lowest BCUT2D eigenvalue weighted by Crippen LogP contribution is -2.30. The molecule has 0 spiro atoms. The summed E-state index contributed by atoms with van der Waals surface area (Å²) in [6, 6.07) is 0. The van der Waals surface area contributed by atoms with Crippen LogP contribution in [0.25, 0.3) is 0 Å². The number of rotatable bonds is 51. The molecule has 0 aromatic heterocycles. The fourth-order valence-electron chi connectivity index (χ4n) is 8.32. The van der Waals surface area contributed by atoms with Crippen LogP contribution in [-0.4, -0.2) is 37.2 Å². The van der Waals surface area contributed by atoms with Gasteiger partial charge in [0.05, 0.1) is 0 Å². The van der Waals surface area contributed by atoms with Crippen molar-refractivity contribution in [3.05, 3.63) is 12.2 Å². The molecule has 0 fully saturated rings. The zero-order valence-electron chi connectivity index (χ0n) is 41.9. The molecular formula is C56H106O6. The maximum absolute atomic E-state index is 12.7. The first-order valence-electron chi connectivity index (χ1n) is 27.7. The number of esters is 3. The summed E-state index contributed by atoms with van der Waals surface area (Å²) in [4.78, 5) is 37.7. The SMILES string of the molecule is CCCCCCCCCC/C=C\CCCCCCCCCCCCCCCC(=O)OCC(COC(=O)CCCCCCC)OC(=O)CCCCCCCCCCCCCCCC. The predicted octanol–water partition coefficient (Wildman–Crippen LogP) is 18.2. The molecule has 62 heavy (non-hydrogen) atoms. The van der Waals surface area contributed by atoms with Gasteiger partial charge in [0.1, 0.15) is 13.2 Å². The van der Waals surface area contributed by atoms with E-state index in [2.05, 4.69) is 32.9 Å². The van der Waals surface area contributed by atoms with E-state index in [1.165, 1.54) is 205 Å². The van der Waals surface area contributed by atoms with Gasteiger partial charge in [0, 0.05) is 19.3 Å². The van der Waals surface area contributed by atoms with Crippen LogP contribution in [-0.2, 0) is 28.6 Å². The van der Waals surface area contributed by atoms with E-state index in [1.807, 2.05) is 0 Å². The Kier molecular flexibility index (Phi) is 50.2. The number of ether oxygens (including phenoxy) is 3. The van der Waals surface area contributed by atoms with E-state index in [-0.39, 0.29) is 31.1 Å². The number of carbonyl (C=O) groups is 3. The first-order valence-corrected chi connectivity index (χ1v) is 27.7. The molecular weight excluding hydrogens is 769 g/mol. The summed E-state index contributed by atoms with van der Waals surface area (Å²) < 4.78 is 16.7. The van der Waals surface area contributed by atoms with Crippen LogP contribution in [0, 0.1) is 0 Å². The van der Waals surface area contributed by atoms with Gasteiger partial charge >= 0.3 is 17.9 Å². The van der Waals surface area contributed by atoms with Crippen molar-refractivity contribution in [2.75, 3.05) is 13.2 Å². The summed E-state index contributed by atoms with van der Waals surface area (Å²) in [5.41, 5.74) is 0. The normalized spacial score (nSPS) is 12.0. The summed E-state index contributed by atoms with van der Waals surface area (Å²) in [6.45, 7) is 6.60. The fourth-order valence-corrected chi connectivity index (χ4v) is 8.32. The molecule has 0 amide bonds. The van der Waals surface area contributed by atoms with Gasteiger partial charge in [-0.3, -0.25) is 14.4 Å². The van der Waals surface area contributed by atoms with Crippen LogP contribution in [0.1, 0.15) is 310 Å². The molecule has 0 bridgehead atoms. The minimum Gasteiger partial charge on any atom is -0.462 e. The second-order valence-corrected chi connectivity index (χ2v) is 18.9. The van der Waals surface area contributed by atoms with Crippen molar-refractivity contribution < 1.29 is 28.6 Å². The second kappa shape index (κ2) is 51.8. The van der Waals surface area contributed by atoms with Crippen molar-refractivity contribution in [2.24, 2.45) is 0 Å². The zero-order valence-corrected chi connectivity index (χ0v) is 41.9. The maximum atomic E-state index is 12.7. The third-order valence-corrected chi connectivity index (χ3v) is 12.5. The van der Waals surface area contributed by atoms with Gasteiger partial charge in [0.15, 0.2) is 6.10 Å². The van der Waals surface area contributed by atoms with Crippen LogP contribution in [0.2, 0.25) is 0 Å². The Morgan fingerprint density at radius 1 is 0.306 bits per heavy atom. The maximum Gasteiger partial charge on any atom is 0.306 e. The summed E-state index contributed by atoms with van der Waals surface area (Å²) >= 11 is 0. The third kappa shape index (κ3) is 49.2. The summed E-state index contributed by atoms with van der Waals surface area (Å²) in [7, 11) is 0. The largest absolute Gasteiger partial charge is 0.462 e. The minimum absolute atomic E-state index is 0.0656. The molecule has 0 aromatic rings. The molecule has 0 saturated carbocycles. The topological polar surface area (TPSA) is 78.9 Å². The van der Waals surface area contributed by atoms with Crippen LogP contribution in [0.3, 0.4) is 0 Å². The zero-order chi connectivity index (χ0) is 45.1. The highest BCUT2D eigenvalue weighted by atomic mass is 16.6. The lowest BCUT2D eigenvalue weighted by Gasteiger charge is -2.18. The molecule has 6 nitrogen and oxygen atoms in total. The van der Waals surface area contributed by atoms with Crippen molar-refractivity contribution >= 4 is 17.9 Å². The summed E-state index contributed by atoms with van der Waals surface area (Å²) in [5.74, 6) is -0.862. The van der Waals surface area contributed by atoms with Crippen LogP contribution in [0.15, 0.2) is 12.2 Å². The Labute approximate surface area is 386 Å². The van der Waals surface area contributed by atoms with Crippen molar-refractivity contribution in [1.82, 2.24) is 0 Å². The molecule has 366 valence electrons. The van der Waals surface area contributed by atoms with Crippen LogP contribution in [0.5, 0.6) is 0 Å². The lowest BCUT2D eigenvalue weighted by atomic mass is 10.0. The smallest absolute Gasteiger partial charge is 0.306 e. The van der Waals surface area contributed by atoms with Gasteiger partial charge < -0.3 is 14.2 Å². The Hall–Kier alpha value is -1.85. The van der Waals surface area contributed by atoms with E-state index < -0.39 is 6.10 Å². The highest BCUT2D eigenvalue weighted by molar-refractivity contribution is 5.71. The molecule has 1 unspecified atom stereocenters. The molecule has 1 atom stereocenters. The van der Waals surface area contributed by atoms with Gasteiger partial charge in [0.2, 0.25) is 0 Å². The number of allylic oxidation sites excluding steroid dienone is 2. The van der Waals surface area contributed by atoms with Gasteiger partial charge in [-0.2, -0.15) is 0 Å². The third-order valence-electron chi connectivity index (χ3n) is 12.5. The van der Waals surface area contributed by atoms with Gasteiger partial charge in [-0.15, -0.1) is 0 Å². The van der Waals surface area contributed by atoms with Crippen molar-refractivity contribution in [1.29, 1.82) is 0 Å². The van der Waals surface area contributed by atoms with Gasteiger partial charge in [-0.1, -0.05) is 258 Å². The monoisotopic (exact) mass is 875 g/mol. The van der Waals surface area contributed by atoms with Crippen LogP contribution < -0.4 is 0 Å². The Bertz CT molecular complexity index is 962. The first-order chi connectivity index (χ1) is 30.5. The quantitative estimate of drug-likeness (QED) is 0.0262. The minimum atomic E-state index is -0.761. The fraction of sp³-hybridized carbons (Fsp3) is 0.911. The van der Waals surface area contributed by atoms with Crippen LogP contribution >= 0.6 is 0 Å². The molecule has 0 heterocycles. The lowest BCUT2D eigenvalue weighted by molar-refractivity contribution is -0.167. The van der Waals surface area contributed by atoms with Crippen LogP contribution in [0.4, 0.5) is 0 Å². The van der Waals surface area contributed by atoms with E-state index in [1.54, 1.807) is 0 Å². The Balaban J connectivity index is 4.00. The van der Waals surface area contributed by atoms with Gasteiger partial charge in [-0.25, -0.2) is 0 Å². The highest BCUT2D eigenvalue weighted by Gasteiger charge is 2.19.